The van der Waals surface area contributed by atoms with Crippen molar-refractivity contribution in [2.75, 3.05) is 13.1 Å². The molecule has 0 atom stereocenters. The molecule has 1 aliphatic heterocycles. The van der Waals surface area contributed by atoms with Crippen molar-refractivity contribution < 1.29 is 12.9 Å². The van der Waals surface area contributed by atoms with Gasteiger partial charge in [0.2, 0.25) is 15.9 Å². The number of halogens is 1. The van der Waals surface area contributed by atoms with Crippen LogP contribution in [0.4, 0.5) is 0 Å². The van der Waals surface area contributed by atoms with Crippen LogP contribution < -0.4 is 0 Å². The van der Waals surface area contributed by atoms with E-state index in [1.807, 2.05) is 6.07 Å². The minimum Gasteiger partial charge on any atom is -0.340 e. The fourth-order valence-corrected chi connectivity index (χ4v) is 4.71. The number of rotatable bonds is 3. The number of aromatic nitrogens is 2. The monoisotopic (exact) mass is 366 g/mol. The summed E-state index contributed by atoms with van der Waals surface area (Å²) in [6.07, 6.45) is 1.20. The largest absolute Gasteiger partial charge is 0.340 e. The Balaban J connectivity index is 1.81. The van der Waals surface area contributed by atoms with Crippen molar-refractivity contribution >= 4 is 21.6 Å². The normalized spacial score (nSPS) is 16.9. The van der Waals surface area contributed by atoms with Crippen LogP contribution in [0.2, 0.25) is 5.02 Å². The van der Waals surface area contributed by atoms with Crippen molar-refractivity contribution in [2.45, 2.75) is 30.6 Å². The molecule has 0 unspecified atom stereocenters. The molecule has 0 aliphatic carbocycles. The number of benzene rings is 1. The maximum Gasteiger partial charge on any atom is 0.244 e. The van der Waals surface area contributed by atoms with Gasteiger partial charge < -0.3 is 4.52 Å². The molecule has 2 heterocycles. The summed E-state index contributed by atoms with van der Waals surface area (Å²) in [6.45, 7) is 2.38. The fraction of sp³-hybridized carbons (Fsp3) is 0.400. The standard InChI is InChI=1S/C15H15ClN4O3S/c1-10-18-15(19-23-10)11-5-7-20(8-6-11)24(21,22)14-4-2-3-13(16)12(14)9-17/h2-4,11H,5-8H2,1H3. The van der Waals surface area contributed by atoms with Gasteiger partial charge in [0.25, 0.3) is 0 Å². The first-order valence-corrected chi connectivity index (χ1v) is 9.24. The summed E-state index contributed by atoms with van der Waals surface area (Å²) < 4.78 is 32.0. The van der Waals surface area contributed by atoms with Crippen molar-refractivity contribution in [3.63, 3.8) is 0 Å². The first-order valence-electron chi connectivity index (χ1n) is 7.42. The van der Waals surface area contributed by atoms with E-state index in [4.69, 9.17) is 16.1 Å². The molecule has 9 heteroatoms. The van der Waals surface area contributed by atoms with Crippen molar-refractivity contribution in [3.05, 3.63) is 40.5 Å². The number of nitriles is 1. The molecule has 0 spiro atoms. The number of hydrogen-bond donors (Lipinski definition) is 0. The van der Waals surface area contributed by atoms with Gasteiger partial charge in [0, 0.05) is 25.9 Å². The van der Waals surface area contributed by atoms with Crippen molar-refractivity contribution in [1.29, 1.82) is 5.26 Å². The minimum atomic E-state index is -3.77. The van der Waals surface area contributed by atoms with Crippen LogP contribution in [0.3, 0.4) is 0 Å². The van der Waals surface area contributed by atoms with Crippen molar-refractivity contribution in [3.8, 4) is 6.07 Å². The van der Waals surface area contributed by atoms with Gasteiger partial charge in [0.05, 0.1) is 10.6 Å². The van der Waals surface area contributed by atoms with Gasteiger partial charge in [-0.1, -0.05) is 22.8 Å². The van der Waals surface area contributed by atoms with Crippen LogP contribution in [0.5, 0.6) is 0 Å². The lowest BCUT2D eigenvalue weighted by Gasteiger charge is -2.30. The van der Waals surface area contributed by atoms with E-state index in [1.165, 1.54) is 22.5 Å². The van der Waals surface area contributed by atoms with E-state index in [1.54, 1.807) is 6.92 Å². The van der Waals surface area contributed by atoms with E-state index in [0.717, 1.165) is 0 Å². The van der Waals surface area contributed by atoms with Crippen LogP contribution in [-0.4, -0.2) is 36.0 Å². The predicted molar refractivity (Wildman–Crippen MR) is 85.9 cm³/mol. The Bertz CT molecular complexity index is 896. The van der Waals surface area contributed by atoms with Gasteiger partial charge in [-0.2, -0.15) is 14.6 Å². The second-order valence-electron chi connectivity index (χ2n) is 5.57. The number of aryl methyl sites for hydroxylation is 1. The number of sulfonamides is 1. The van der Waals surface area contributed by atoms with Gasteiger partial charge in [0.15, 0.2) is 5.82 Å². The topological polar surface area (TPSA) is 100 Å². The summed E-state index contributed by atoms with van der Waals surface area (Å²) in [4.78, 5) is 4.16. The second kappa shape index (κ2) is 6.51. The summed E-state index contributed by atoms with van der Waals surface area (Å²) in [7, 11) is -3.77. The van der Waals surface area contributed by atoms with E-state index in [9.17, 15) is 13.7 Å². The van der Waals surface area contributed by atoms with Crippen LogP contribution in [0.15, 0.2) is 27.6 Å². The SMILES string of the molecule is Cc1nc(C2CCN(S(=O)(=O)c3cccc(Cl)c3C#N)CC2)no1. The number of hydrogen-bond acceptors (Lipinski definition) is 6. The Morgan fingerprint density at radius 3 is 2.67 bits per heavy atom. The molecule has 1 aromatic heterocycles. The fourth-order valence-electron chi connectivity index (χ4n) is 2.80. The second-order valence-corrected chi connectivity index (χ2v) is 7.89. The van der Waals surface area contributed by atoms with Crippen molar-refractivity contribution in [2.24, 2.45) is 0 Å². The first-order chi connectivity index (χ1) is 11.4. The maximum atomic E-state index is 12.8. The first kappa shape index (κ1) is 16.9. The summed E-state index contributed by atoms with van der Waals surface area (Å²) in [5.41, 5.74) is -0.0184. The van der Waals surface area contributed by atoms with Crippen LogP contribution >= 0.6 is 11.6 Å². The molecule has 0 N–H and O–H groups in total. The summed E-state index contributed by atoms with van der Waals surface area (Å²) in [6, 6.07) is 6.32. The molecular weight excluding hydrogens is 352 g/mol. The zero-order chi connectivity index (χ0) is 17.3. The molecular formula is C15H15ClN4O3S. The average molecular weight is 367 g/mol. The predicted octanol–water partition coefficient (Wildman–Crippen LogP) is 2.47. The third-order valence-corrected chi connectivity index (χ3v) is 6.32. The van der Waals surface area contributed by atoms with Crippen molar-refractivity contribution in [1.82, 2.24) is 14.4 Å². The number of piperidine rings is 1. The Morgan fingerprint density at radius 1 is 1.38 bits per heavy atom. The summed E-state index contributed by atoms with van der Waals surface area (Å²) in [5, 5.41) is 13.3. The van der Waals surface area contributed by atoms with Crippen LogP contribution in [0.25, 0.3) is 0 Å². The highest BCUT2D eigenvalue weighted by molar-refractivity contribution is 7.89. The molecule has 0 saturated carbocycles. The Morgan fingerprint density at radius 2 is 2.08 bits per heavy atom. The van der Waals surface area contributed by atoms with E-state index in [-0.39, 0.29) is 21.4 Å². The van der Waals surface area contributed by atoms with E-state index >= 15 is 0 Å². The molecule has 7 nitrogen and oxygen atoms in total. The van der Waals surface area contributed by atoms with E-state index < -0.39 is 10.0 Å². The van der Waals surface area contributed by atoms with Gasteiger partial charge in [-0.25, -0.2) is 8.42 Å². The van der Waals surface area contributed by atoms with E-state index in [0.29, 0.717) is 37.6 Å². The van der Waals surface area contributed by atoms with Gasteiger partial charge in [0.1, 0.15) is 11.0 Å². The molecule has 1 aromatic carbocycles. The molecule has 2 aromatic rings. The lowest BCUT2D eigenvalue weighted by atomic mass is 9.98. The molecule has 1 fully saturated rings. The molecule has 0 radical (unpaired) electrons. The van der Waals surface area contributed by atoms with Crippen LogP contribution in [0, 0.1) is 18.3 Å². The number of nitrogens with zero attached hydrogens (tertiary/aromatic N) is 4. The molecule has 24 heavy (non-hydrogen) atoms. The highest BCUT2D eigenvalue weighted by Gasteiger charge is 2.33. The highest BCUT2D eigenvalue weighted by Crippen LogP contribution is 2.31. The van der Waals surface area contributed by atoms with Crippen LogP contribution in [0.1, 0.15) is 36.0 Å². The summed E-state index contributed by atoms with van der Waals surface area (Å²) in [5.74, 6) is 1.19. The molecule has 0 bridgehead atoms. The zero-order valence-electron chi connectivity index (χ0n) is 12.9. The van der Waals surface area contributed by atoms with Gasteiger partial charge >= 0.3 is 0 Å². The van der Waals surface area contributed by atoms with Gasteiger partial charge in [-0.05, 0) is 25.0 Å². The van der Waals surface area contributed by atoms with Gasteiger partial charge in [-0.15, -0.1) is 0 Å². The molecule has 1 aliphatic rings. The molecule has 3 rings (SSSR count). The van der Waals surface area contributed by atoms with E-state index in [2.05, 4.69) is 10.1 Å². The Kier molecular flexibility index (Phi) is 4.58. The maximum absolute atomic E-state index is 12.8. The average Bonchev–Trinajstić information content (AvgIpc) is 3.01. The quantitative estimate of drug-likeness (QED) is 0.827. The Hall–Kier alpha value is -1.95. The third kappa shape index (κ3) is 3.02. The van der Waals surface area contributed by atoms with Crippen LogP contribution in [-0.2, 0) is 10.0 Å². The molecule has 0 amide bonds. The lowest BCUT2D eigenvalue weighted by molar-refractivity contribution is 0.305. The van der Waals surface area contributed by atoms with Gasteiger partial charge in [-0.3, -0.25) is 0 Å². The molecule has 1 saturated heterocycles. The lowest BCUT2D eigenvalue weighted by Crippen LogP contribution is -2.38. The minimum absolute atomic E-state index is 0.0184. The zero-order valence-corrected chi connectivity index (χ0v) is 14.5. The third-order valence-electron chi connectivity index (χ3n) is 4.07. The Labute approximate surface area is 144 Å². The molecule has 126 valence electrons. The highest BCUT2D eigenvalue weighted by atomic mass is 35.5. The summed E-state index contributed by atoms with van der Waals surface area (Å²) >= 11 is 5.95. The smallest absolute Gasteiger partial charge is 0.244 e.